The van der Waals surface area contributed by atoms with Gasteiger partial charge in [-0.25, -0.2) is 0 Å². The van der Waals surface area contributed by atoms with E-state index in [9.17, 15) is 0 Å². The summed E-state index contributed by atoms with van der Waals surface area (Å²) in [6.45, 7) is 0. The average Bonchev–Trinajstić information content (AvgIpc) is 2.21. The molecule has 0 aliphatic carbocycles. The van der Waals surface area contributed by atoms with Gasteiger partial charge in [-0.1, -0.05) is 24.4 Å². The van der Waals surface area contributed by atoms with Crippen molar-refractivity contribution in [2.45, 2.75) is 0 Å². The highest BCUT2D eigenvalue weighted by atomic mass is 32.1. The van der Waals surface area contributed by atoms with Gasteiger partial charge < -0.3 is 15.4 Å². The molecule has 1 aromatic rings. The molecule has 0 aliphatic rings. The van der Waals surface area contributed by atoms with Crippen molar-refractivity contribution in [3.05, 3.63) is 18.2 Å². The summed E-state index contributed by atoms with van der Waals surface area (Å²) in [7, 11) is 1.58. The molecule has 2 N–H and O–H groups in total. The SMILES string of the molecule is COc1cc(N[C]=S)ccc1N[C]=S. The van der Waals surface area contributed by atoms with Crippen molar-refractivity contribution >= 4 is 46.8 Å². The third-order valence-corrected chi connectivity index (χ3v) is 1.79. The van der Waals surface area contributed by atoms with Gasteiger partial charge in [-0.15, -0.1) is 0 Å². The van der Waals surface area contributed by atoms with Crippen LogP contribution >= 0.6 is 24.4 Å². The molecule has 0 bridgehead atoms. The second kappa shape index (κ2) is 5.51. The van der Waals surface area contributed by atoms with E-state index in [1.165, 1.54) is 0 Å². The van der Waals surface area contributed by atoms with E-state index in [-0.39, 0.29) is 0 Å². The number of anilines is 2. The van der Waals surface area contributed by atoms with Gasteiger partial charge in [0.1, 0.15) is 16.7 Å². The van der Waals surface area contributed by atoms with E-state index >= 15 is 0 Å². The highest BCUT2D eigenvalue weighted by molar-refractivity contribution is 7.79. The molecule has 0 saturated heterocycles. The summed E-state index contributed by atoms with van der Waals surface area (Å²) in [5.41, 5.74) is 6.39. The fraction of sp³-hybridized carbons (Fsp3) is 0.111. The Morgan fingerprint density at radius 3 is 2.50 bits per heavy atom. The lowest BCUT2D eigenvalue weighted by molar-refractivity contribution is 0.417. The number of benzene rings is 1. The minimum absolute atomic E-state index is 0.664. The van der Waals surface area contributed by atoms with E-state index in [0.29, 0.717) is 5.75 Å². The molecular weight excluding hydrogens is 216 g/mol. The van der Waals surface area contributed by atoms with E-state index in [0.717, 1.165) is 11.4 Å². The number of hydrogen-bond donors (Lipinski definition) is 2. The number of hydrogen-bond acceptors (Lipinski definition) is 3. The van der Waals surface area contributed by atoms with Crippen LogP contribution in [0, 0.1) is 0 Å². The molecule has 5 heteroatoms. The van der Waals surface area contributed by atoms with Crippen molar-refractivity contribution in [1.29, 1.82) is 0 Å². The number of methoxy groups -OCH3 is 1. The first-order valence-electron chi connectivity index (χ1n) is 3.76. The maximum absolute atomic E-state index is 5.13. The highest BCUT2D eigenvalue weighted by Gasteiger charge is 2.02. The molecule has 0 fully saturated rings. The van der Waals surface area contributed by atoms with E-state index in [2.05, 4.69) is 46.1 Å². The quantitative estimate of drug-likeness (QED) is 0.592. The molecule has 0 saturated carbocycles. The Kier molecular flexibility index (Phi) is 4.28. The van der Waals surface area contributed by atoms with Crippen molar-refractivity contribution in [2.75, 3.05) is 17.7 Å². The number of thiocarbonyl (C=S) groups is 2. The molecule has 3 nitrogen and oxygen atoms in total. The Morgan fingerprint density at radius 1 is 1.21 bits per heavy atom. The molecule has 0 heterocycles. The first kappa shape index (κ1) is 10.9. The molecule has 0 amide bonds. The van der Waals surface area contributed by atoms with E-state index in [1.807, 2.05) is 12.1 Å². The lowest BCUT2D eigenvalue weighted by atomic mass is 10.2. The van der Waals surface area contributed by atoms with E-state index < -0.39 is 0 Å². The van der Waals surface area contributed by atoms with Crippen LogP contribution < -0.4 is 15.4 Å². The van der Waals surface area contributed by atoms with Crippen molar-refractivity contribution < 1.29 is 4.74 Å². The molecule has 0 atom stereocenters. The lowest BCUT2D eigenvalue weighted by Gasteiger charge is -2.08. The summed E-state index contributed by atoms with van der Waals surface area (Å²) in [4.78, 5) is 0. The molecule has 1 rings (SSSR count). The summed E-state index contributed by atoms with van der Waals surface area (Å²) in [5, 5.41) is 5.52. The highest BCUT2D eigenvalue weighted by Crippen LogP contribution is 2.27. The molecule has 1 aromatic carbocycles. The van der Waals surface area contributed by atoms with Gasteiger partial charge in [0.15, 0.2) is 0 Å². The van der Waals surface area contributed by atoms with Crippen LogP contribution in [0.25, 0.3) is 0 Å². The molecule has 72 valence electrons. The van der Waals surface area contributed by atoms with Gasteiger partial charge in [0.2, 0.25) is 0 Å². The monoisotopic (exact) mass is 224 g/mol. The molecule has 0 spiro atoms. The Bertz CT molecular complexity index is 342. The normalized spacial score (nSPS) is 8.93. The second-order valence-corrected chi connectivity index (χ2v) is 2.78. The Labute approximate surface area is 93.5 Å². The van der Waals surface area contributed by atoms with Crippen LogP contribution in [0.5, 0.6) is 5.75 Å². The molecule has 0 unspecified atom stereocenters. The molecule has 0 aliphatic heterocycles. The number of nitrogens with one attached hydrogen (secondary N) is 2. The topological polar surface area (TPSA) is 33.3 Å². The van der Waals surface area contributed by atoms with Crippen LogP contribution in [0.1, 0.15) is 0 Å². The van der Waals surface area contributed by atoms with E-state index in [4.69, 9.17) is 4.74 Å². The van der Waals surface area contributed by atoms with Crippen LogP contribution in [0.3, 0.4) is 0 Å². The van der Waals surface area contributed by atoms with Gasteiger partial charge >= 0.3 is 0 Å². The average molecular weight is 224 g/mol. The largest absolute Gasteiger partial charge is 0.494 e. The maximum atomic E-state index is 5.13. The van der Waals surface area contributed by atoms with Crippen LogP contribution in [-0.4, -0.2) is 18.1 Å². The van der Waals surface area contributed by atoms with Crippen molar-refractivity contribution in [3.63, 3.8) is 0 Å². The van der Waals surface area contributed by atoms with Gasteiger partial charge in [-0.3, -0.25) is 0 Å². The number of rotatable bonds is 5. The van der Waals surface area contributed by atoms with Crippen LogP contribution in [0.4, 0.5) is 11.4 Å². The predicted molar refractivity (Wildman–Crippen MR) is 65.4 cm³/mol. The third-order valence-electron chi connectivity index (χ3n) is 1.58. The minimum Gasteiger partial charge on any atom is -0.494 e. The summed E-state index contributed by atoms with van der Waals surface area (Å²) in [5.74, 6) is 0.664. The number of ether oxygens (including phenoxy) is 1. The smallest absolute Gasteiger partial charge is 0.144 e. The van der Waals surface area contributed by atoms with Gasteiger partial charge in [0.25, 0.3) is 0 Å². The fourth-order valence-electron chi connectivity index (χ4n) is 0.986. The second-order valence-electron chi connectivity index (χ2n) is 2.37. The van der Waals surface area contributed by atoms with Gasteiger partial charge in [0.05, 0.1) is 12.8 Å². The lowest BCUT2D eigenvalue weighted by Crippen LogP contribution is -1.98. The Balaban J connectivity index is 2.97. The summed E-state index contributed by atoms with van der Waals surface area (Å²) >= 11 is 9.12. The maximum Gasteiger partial charge on any atom is 0.144 e. The van der Waals surface area contributed by atoms with Gasteiger partial charge in [0, 0.05) is 11.8 Å². The van der Waals surface area contributed by atoms with Crippen molar-refractivity contribution in [2.24, 2.45) is 0 Å². The summed E-state index contributed by atoms with van der Waals surface area (Å²) in [6.07, 6.45) is 0. The van der Waals surface area contributed by atoms with Gasteiger partial charge in [-0.05, 0) is 12.1 Å². The Morgan fingerprint density at radius 2 is 1.93 bits per heavy atom. The molecule has 2 radical (unpaired) electrons. The first-order chi connectivity index (χ1) is 6.81. The van der Waals surface area contributed by atoms with E-state index in [1.54, 1.807) is 13.2 Å². The minimum atomic E-state index is 0.664. The molecular formula is C9H8N2OS2. The van der Waals surface area contributed by atoms with Crippen LogP contribution in [0.15, 0.2) is 18.2 Å². The van der Waals surface area contributed by atoms with Crippen LogP contribution in [0.2, 0.25) is 0 Å². The van der Waals surface area contributed by atoms with Gasteiger partial charge in [-0.2, -0.15) is 0 Å². The van der Waals surface area contributed by atoms with Crippen molar-refractivity contribution in [3.8, 4) is 5.75 Å². The van der Waals surface area contributed by atoms with Crippen molar-refractivity contribution in [1.82, 2.24) is 0 Å². The summed E-state index contributed by atoms with van der Waals surface area (Å²) in [6, 6.07) is 5.43. The Hall–Kier alpha value is -1.20. The first-order valence-corrected chi connectivity index (χ1v) is 4.58. The zero-order valence-electron chi connectivity index (χ0n) is 7.46. The van der Waals surface area contributed by atoms with Crippen LogP contribution in [-0.2, 0) is 0 Å². The third kappa shape index (κ3) is 2.65. The fourth-order valence-corrected chi connectivity index (χ4v) is 1.21. The summed E-state index contributed by atoms with van der Waals surface area (Å²) < 4.78 is 5.13. The predicted octanol–water partition coefficient (Wildman–Crippen LogP) is 2.19. The molecule has 14 heavy (non-hydrogen) atoms. The zero-order valence-corrected chi connectivity index (χ0v) is 9.09. The standard InChI is InChI=1S/C9H8N2OS2/c1-12-9-4-7(10-5-13)2-3-8(9)11-6-14/h2-4H,1H3,(H,10,13)(H,11,14). The zero-order chi connectivity index (χ0) is 10.4. The molecule has 0 aromatic heterocycles.